The third-order valence-electron chi connectivity index (χ3n) is 5.21. The number of amides is 2. The number of carboxylic acid groups (broad SMARTS) is 1. The molecule has 0 radical (unpaired) electrons. The predicted molar refractivity (Wildman–Crippen MR) is 91.4 cm³/mol. The first-order valence-electron chi connectivity index (χ1n) is 8.57. The maximum atomic E-state index is 12.9. The van der Waals surface area contributed by atoms with Crippen molar-refractivity contribution in [3.63, 3.8) is 0 Å². The van der Waals surface area contributed by atoms with Crippen LogP contribution in [0.1, 0.15) is 6.42 Å². The highest BCUT2D eigenvalue weighted by Crippen LogP contribution is 2.50. The van der Waals surface area contributed by atoms with Gasteiger partial charge in [0.05, 0.1) is 6.04 Å². The number of aromatic nitrogens is 1. The average molecular weight is 429 g/mol. The predicted octanol–water partition coefficient (Wildman–Crippen LogP) is 2.08. The average Bonchev–Trinajstić information content (AvgIpc) is 2.95. The van der Waals surface area contributed by atoms with Crippen LogP contribution in [0.5, 0.6) is 0 Å². The Morgan fingerprint density at radius 1 is 1.31 bits per heavy atom. The third kappa shape index (κ3) is 3.20. The van der Waals surface area contributed by atoms with Gasteiger partial charge in [0.25, 0.3) is 5.91 Å². The molecule has 0 saturated carbocycles. The van der Waals surface area contributed by atoms with Crippen LogP contribution in [-0.4, -0.2) is 68.4 Å². The molecule has 1 aromatic rings. The van der Waals surface area contributed by atoms with Gasteiger partial charge in [-0.05, 0) is 18.6 Å². The Morgan fingerprint density at radius 2 is 2.00 bits per heavy atom. The van der Waals surface area contributed by atoms with Crippen molar-refractivity contribution >= 4 is 29.7 Å². The lowest BCUT2D eigenvalue weighted by Gasteiger charge is -2.53. The Kier molecular flexibility index (Phi) is 4.68. The number of pyridine rings is 1. The van der Waals surface area contributed by atoms with Crippen molar-refractivity contribution in [2.24, 2.45) is 5.92 Å². The second-order valence-corrected chi connectivity index (χ2v) is 7.75. The highest BCUT2D eigenvalue weighted by Gasteiger charge is 2.65. The van der Waals surface area contributed by atoms with Crippen LogP contribution in [0.2, 0.25) is 0 Å². The lowest BCUT2D eigenvalue weighted by atomic mass is 9.78. The molecule has 2 fully saturated rings. The van der Waals surface area contributed by atoms with Crippen LogP contribution in [0, 0.1) is 5.92 Å². The van der Waals surface area contributed by atoms with E-state index < -0.39 is 36.2 Å². The fraction of sp³-hybridized carbons (Fsp3) is 0.412. The molecular formula is C17H14F3N3O5S. The largest absolute Gasteiger partial charge is 0.512 e. The first-order chi connectivity index (χ1) is 13.7. The maximum Gasteiger partial charge on any atom is 0.512 e. The Morgan fingerprint density at radius 3 is 2.62 bits per heavy atom. The summed E-state index contributed by atoms with van der Waals surface area (Å²) in [5.41, 5.74) is 0.536. The van der Waals surface area contributed by atoms with Gasteiger partial charge in [-0.1, -0.05) is 0 Å². The monoisotopic (exact) mass is 429 g/mol. The zero-order valence-electron chi connectivity index (χ0n) is 14.6. The number of β-lactam (4-membered cyclic amide) rings is 1. The van der Waals surface area contributed by atoms with Crippen LogP contribution in [0.25, 0.3) is 0 Å². The number of halogens is 3. The summed E-state index contributed by atoms with van der Waals surface area (Å²) in [5.74, 6) is -3.07. The smallest absolute Gasteiger partial charge is 0.449 e. The minimum Gasteiger partial charge on any atom is -0.449 e. The molecule has 12 heteroatoms. The SMILES string of the molecule is O=C(O)OC1=C(CSc2ccncc2)C2CCN(C(=O)C(F)(F)F)[C@@H]3C(=O)N1[C@H]23. The minimum absolute atomic E-state index is 0.156. The lowest BCUT2D eigenvalue weighted by molar-refractivity contribution is -0.199. The van der Waals surface area contributed by atoms with Gasteiger partial charge in [-0.3, -0.25) is 19.5 Å². The van der Waals surface area contributed by atoms with Crippen LogP contribution in [0.15, 0.2) is 40.9 Å². The number of thioether (sulfide) groups is 1. The van der Waals surface area contributed by atoms with Gasteiger partial charge in [0.2, 0.25) is 5.88 Å². The summed E-state index contributed by atoms with van der Waals surface area (Å²) in [5, 5.41) is 9.06. The number of hydrogen-bond acceptors (Lipinski definition) is 6. The third-order valence-corrected chi connectivity index (χ3v) is 6.27. The second-order valence-electron chi connectivity index (χ2n) is 6.71. The highest BCUT2D eigenvalue weighted by molar-refractivity contribution is 7.99. The first kappa shape index (κ1) is 19.6. The molecule has 1 aromatic heterocycles. The summed E-state index contributed by atoms with van der Waals surface area (Å²) in [6.07, 6.45) is -3.35. The summed E-state index contributed by atoms with van der Waals surface area (Å²) in [7, 11) is 0. The van der Waals surface area contributed by atoms with Crippen molar-refractivity contribution < 1.29 is 37.4 Å². The standard InChI is InChI=1S/C17H14F3N3O5S/c18-17(19,20)15(25)22-6-3-9-10(7-29-8-1-4-21-5-2-8)14(28-16(26)27)23-11(9)12(22)13(23)24/h1-2,4-5,9,11-12H,3,6-7H2,(H,26,27)/t9?,11-,12+/m1/s1. The number of likely N-dealkylation sites (tertiary alicyclic amines) is 1. The van der Waals surface area contributed by atoms with Crippen LogP contribution in [0.3, 0.4) is 0 Å². The molecule has 3 aliphatic heterocycles. The van der Waals surface area contributed by atoms with Crippen molar-refractivity contribution in [3.05, 3.63) is 36.0 Å². The number of nitrogens with zero attached hydrogens (tertiary/aromatic N) is 3. The zero-order chi connectivity index (χ0) is 20.9. The summed E-state index contributed by atoms with van der Waals surface area (Å²) in [6, 6.07) is 1.50. The molecule has 1 unspecified atom stereocenters. The molecule has 2 amide bonds. The van der Waals surface area contributed by atoms with Gasteiger partial charge < -0.3 is 14.7 Å². The molecule has 2 saturated heterocycles. The number of hydrogen-bond donors (Lipinski definition) is 1. The van der Waals surface area contributed by atoms with E-state index in [1.807, 2.05) is 0 Å². The minimum atomic E-state index is -5.08. The van der Waals surface area contributed by atoms with E-state index in [1.165, 1.54) is 11.8 Å². The van der Waals surface area contributed by atoms with Gasteiger partial charge in [-0.15, -0.1) is 11.8 Å². The number of piperidine rings is 1. The fourth-order valence-electron chi connectivity index (χ4n) is 4.08. The summed E-state index contributed by atoms with van der Waals surface area (Å²) in [4.78, 5) is 41.8. The molecule has 8 nitrogen and oxygen atoms in total. The quantitative estimate of drug-likeness (QED) is 0.444. The second kappa shape index (κ2) is 6.94. The van der Waals surface area contributed by atoms with E-state index in [0.29, 0.717) is 10.5 Å². The van der Waals surface area contributed by atoms with Crippen LogP contribution in [-0.2, 0) is 14.3 Å². The number of alkyl halides is 3. The molecule has 1 N–H and O–H groups in total. The molecule has 4 heterocycles. The van der Waals surface area contributed by atoms with Gasteiger partial charge in [-0.2, -0.15) is 13.2 Å². The number of carbonyl (C=O) groups excluding carboxylic acids is 2. The summed E-state index contributed by atoms with van der Waals surface area (Å²) in [6.45, 7) is -0.243. The van der Waals surface area contributed by atoms with Crippen LogP contribution < -0.4 is 0 Å². The van der Waals surface area contributed by atoms with E-state index in [1.54, 1.807) is 24.5 Å². The molecule has 0 aliphatic carbocycles. The number of rotatable bonds is 4. The van der Waals surface area contributed by atoms with E-state index in [9.17, 15) is 27.6 Å². The highest BCUT2D eigenvalue weighted by atomic mass is 32.2. The Labute approximate surface area is 166 Å². The van der Waals surface area contributed by atoms with Crippen molar-refractivity contribution in [2.75, 3.05) is 12.3 Å². The Balaban J connectivity index is 1.61. The normalized spacial score (nSPS) is 25.6. The molecule has 0 bridgehead atoms. The fourth-order valence-corrected chi connectivity index (χ4v) is 5.06. The van der Waals surface area contributed by atoms with E-state index >= 15 is 0 Å². The first-order valence-corrected chi connectivity index (χ1v) is 9.56. The van der Waals surface area contributed by atoms with Crippen molar-refractivity contribution in [1.29, 1.82) is 0 Å². The lowest BCUT2D eigenvalue weighted by Crippen LogP contribution is -2.74. The van der Waals surface area contributed by atoms with E-state index in [-0.39, 0.29) is 30.5 Å². The molecule has 3 atom stereocenters. The van der Waals surface area contributed by atoms with E-state index in [0.717, 1.165) is 9.80 Å². The van der Waals surface area contributed by atoms with Crippen molar-refractivity contribution in [2.45, 2.75) is 29.6 Å². The molecule has 0 aromatic carbocycles. The summed E-state index contributed by atoms with van der Waals surface area (Å²) < 4.78 is 43.5. The zero-order valence-corrected chi connectivity index (χ0v) is 15.4. The topological polar surface area (TPSA) is 100 Å². The van der Waals surface area contributed by atoms with Crippen LogP contribution >= 0.6 is 11.8 Å². The number of ether oxygens (including phenoxy) is 1. The Hall–Kier alpha value is -2.76. The van der Waals surface area contributed by atoms with Crippen LogP contribution in [0.4, 0.5) is 18.0 Å². The Bertz CT molecular complexity index is 907. The van der Waals surface area contributed by atoms with Gasteiger partial charge in [0, 0.05) is 41.1 Å². The molecule has 0 spiro atoms. The van der Waals surface area contributed by atoms with Gasteiger partial charge in [-0.25, -0.2) is 4.79 Å². The number of carbonyl (C=O) groups is 3. The molecule has 4 rings (SSSR count). The molecule has 154 valence electrons. The molecular weight excluding hydrogens is 415 g/mol. The maximum absolute atomic E-state index is 12.9. The van der Waals surface area contributed by atoms with Crippen molar-refractivity contribution in [3.8, 4) is 0 Å². The molecule has 3 aliphatic rings. The van der Waals surface area contributed by atoms with Gasteiger partial charge in [0.1, 0.15) is 6.04 Å². The van der Waals surface area contributed by atoms with Gasteiger partial charge >= 0.3 is 18.2 Å². The van der Waals surface area contributed by atoms with E-state index in [4.69, 9.17) is 9.84 Å². The van der Waals surface area contributed by atoms with Crippen molar-refractivity contribution in [1.82, 2.24) is 14.8 Å². The summed E-state index contributed by atoms with van der Waals surface area (Å²) >= 11 is 1.37. The van der Waals surface area contributed by atoms with Gasteiger partial charge in [0.15, 0.2) is 0 Å². The van der Waals surface area contributed by atoms with E-state index in [2.05, 4.69) is 4.98 Å². The molecule has 29 heavy (non-hydrogen) atoms.